The molecule has 3 heteroatoms. The molecular weight excluding hydrogens is 252 g/mol. The number of benzene rings is 1. The van der Waals surface area contributed by atoms with Crippen LogP contribution in [0.4, 0.5) is 0 Å². The van der Waals surface area contributed by atoms with Crippen molar-refractivity contribution >= 4 is 5.97 Å². The number of aryl methyl sites for hydroxylation is 1. The molecule has 2 N–H and O–H groups in total. The highest BCUT2D eigenvalue weighted by Crippen LogP contribution is 2.49. The third-order valence-corrected chi connectivity index (χ3v) is 4.85. The van der Waals surface area contributed by atoms with Crippen molar-refractivity contribution in [1.82, 2.24) is 0 Å². The first-order valence-electron chi connectivity index (χ1n) is 7.64. The topological polar surface area (TPSA) is 57.5 Å². The first-order chi connectivity index (χ1) is 9.58. The molecule has 1 aromatic carbocycles. The number of hydrogen-bond donors (Lipinski definition) is 2. The van der Waals surface area contributed by atoms with Crippen LogP contribution in [0.5, 0.6) is 5.75 Å². The van der Waals surface area contributed by atoms with E-state index in [4.69, 9.17) is 0 Å². The van der Waals surface area contributed by atoms with Crippen molar-refractivity contribution in [2.45, 2.75) is 57.8 Å². The van der Waals surface area contributed by atoms with E-state index in [0.29, 0.717) is 11.7 Å². The number of carboxylic acids is 1. The first-order valence-corrected chi connectivity index (χ1v) is 7.64. The summed E-state index contributed by atoms with van der Waals surface area (Å²) in [5.41, 5.74) is 4.73. The molecule has 2 aliphatic carbocycles. The van der Waals surface area contributed by atoms with Gasteiger partial charge in [-0.3, -0.25) is 4.79 Å². The highest BCUT2D eigenvalue weighted by molar-refractivity contribution is 5.69. The largest absolute Gasteiger partial charge is 0.508 e. The number of fused-ring (bicyclic) bond motifs is 1. The van der Waals surface area contributed by atoms with E-state index in [0.717, 1.165) is 43.2 Å². The van der Waals surface area contributed by atoms with Gasteiger partial charge in [0.15, 0.2) is 0 Å². The van der Waals surface area contributed by atoms with E-state index in [1.165, 1.54) is 17.5 Å². The Balaban J connectivity index is 2.08. The molecule has 3 rings (SSSR count). The minimum Gasteiger partial charge on any atom is -0.508 e. The number of phenolic OH excluding ortho intramolecular Hbond substituents is 1. The second kappa shape index (κ2) is 5.12. The lowest BCUT2D eigenvalue weighted by Gasteiger charge is -2.27. The van der Waals surface area contributed by atoms with Crippen molar-refractivity contribution in [3.05, 3.63) is 28.3 Å². The van der Waals surface area contributed by atoms with Crippen molar-refractivity contribution in [3.63, 3.8) is 0 Å². The zero-order valence-electron chi connectivity index (χ0n) is 12.0. The van der Waals surface area contributed by atoms with Crippen molar-refractivity contribution in [2.75, 3.05) is 0 Å². The third-order valence-electron chi connectivity index (χ3n) is 4.85. The molecule has 108 valence electrons. The Morgan fingerprint density at radius 3 is 2.55 bits per heavy atom. The summed E-state index contributed by atoms with van der Waals surface area (Å²) in [5, 5.41) is 19.6. The van der Waals surface area contributed by atoms with Gasteiger partial charge >= 0.3 is 5.97 Å². The van der Waals surface area contributed by atoms with E-state index in [-0.39, 0.29) is 12.3 Å². The Bertz CT molecular complexity index is 544. The lowest BCUT2D eigenvalue weighted by Crippen LogP contribution is -2.15. The average Bonchev–Trinajstić information content (AvgIpc) is 3.21. The number of aliphatic carboxylic acids is 1. The smallest absolute Gasteiger partial charge is 0.303 e. The second-order valence-electron chi connectivity index (χ2n) is 6.33. The zero-order chi connectivity index (χ0) is 14.3. The second-order valence-corrected chi connectivity index (χ2v) is 6.33. The highest BCUT2D eigenvalue weighted by atomic mass is 16.4. The molecule has 1 fully saturated rings. The average molecular weight is 274 g/mol. The number of phenols is 1. The van der Waals surface area contributed by atoms with Crippen LogP contribution in [-0.2, 0) is 17.6 Å². The number of aromatic hydroxyl groups is 1. The van der Waals surface area contributed by atoms with E-state index in [2.05, 4.69) is 6.92 Å². The molecule has 0 bridgehead atoms. The molecule has 0 heterocycles. The molecular formula is C17H22O3. The molecule has 0 aromatic heterocycles. The Morgan fingerprint density at radius 1 is 1.30 bits per heavy atom. The van der Waals surface area contributed by atoms with Gasteiger partial charge in [-0.2, -0.15) is 0 Å². The SMILES string of the molecule is Cc1cc(O)c(C(CC(=O)O)C2CC2)c2c1CCCC2. The van der Waals surface area contributed by atoms with Gasteiger partial charge in [-0.15, -0.1) is 0 Å². The van der Waals surface area contributed by atoms with Crippen molar-refractivity contribution < 1.29 is 15.0 Å². The van der Waals surface area contributed by atoms with E-state index in [9.17, 15) is 15.0 Å². The van der Waals surface area contributed by atoms with Crippen LogP contribution in [0.3, 0.4) is 0 Å². The number of hydrogen-bond acceptors (Lipinski definition) is 2. The molecule has 3 nitrogen and oxygen atoms in total. The van der Waals surface area contributed by atoms with E-state index in [1.807, 2.05) is 6.07 Å². The molecule has 2 aliphatic rings. The van der Waals surface area contributed by atoms with Gasteiger partial charge in [0.25, 0.3) is 0 Å². The van der Waals surface area contributed by atoms with E-state index < -0.39 is 5.97 Å². The predicted molar refractivity (Wildman–Crippen MR) is 77.2 cm³/mol. The van der Waals surface area contributed by atoms with Gasteiger partial charge in [-0.25, -0.2) is 0 Å². The predicted octanol–water partition coefficient (Wildman–Crippen LogP) is 3.55. The number of carboxylic acid groups (broad SMARTS) is 1. The summed E-state index contributed by atoms with van der Waals surface area (Å²) < 4.78 is 0. The summed E-state index contributed by atoms with van der Waals surface area (Å²) in [7, 11) is 0. The molecule has 1 atom stereocenters. The molecule has 1 saturated carbocycles. The fourth-order valence-corrected chi connectivity index (χ4v) is 3.77. The standard InChI is InChI=1S/C17H22O3/c1-10-8-15(18)17(13-5-3-2-4-12(10)13)14(9-16(19)20)11-6-7-11/h8,11,14,18H,2-7,9H2,1H3,(H,19,20). The quantitative estimate of drug-likeness (QED) is 0.882. The van der Waals surface area contributed by atoms with Gasteiger partial charge in [0.2, 0.25) is 0 Å². The molecule has 0 spiro atoms. The minimum atomic E-state index is -0.758. The molecule has 0 saturated heterocycles. The minimum absolute atomic E-state index is 0.0000463. The Morgan fingerprint density at radius 2 is 1.95 bits per heavy atom. The van der Waals surface area contributed by atoms with Gasteiger partial charge in [0.1, 0.15) is 5.75 Å². The van der Waals surface area contributed by atoms with Crippen LogP contribution in [0.25, 0.3) is 0 Å². The summed E-state index contributed by atoms with van der Waals surface area (Å²) in [6.45, 7) is 2.05. The van der Waals surface area contributed by atoms with Crippen LogP contribution in [-0.4, -0.2) is 16.2 Å². The monoisotopic (exact) mass is 274 g/mol. The number of carbonyl (C=O) groups is 1. The van der Waals surface area contributed by atoms with Crippen molar-refractivity contribution in [2.24, 2.45) is 5.92 Å². The van der Waals surface area contributed by atoms with Crippen molar-refractivity contribution in [1.29, 1.82) is 0 Å². The zero-order valence-corrected chi connectivity index (χ0v) is 12.0. The molecule has 20 heavy (non-hydrogen) atoms. The molecule has 0 amide bonds. The lowest BCUT2D eigenvalue weighted by molar-refractivity contribution is -0.137. The normalized spacial score (nSPS) is 19.4. The van der Waals surface area contributed by atoms with Gasteiger partial charge in [0, 0.05) is 11.5 Å². The summed E-state index contributed by atoms with van der Waals surface area (Å²) in [6.07, 6.45) is 6.74. The lowest BCUT2D eigenvalue weighted by atomic mass is 9.78. The molecule has 1 unspecified atom stereocenters. The van der Waals surface area contributed by atoms with Crippen LogP contribution in [0.1, 0.15) is 60.3 Å². The summed E-state index contributed by atoms with van der Waals surface area (Å²) in [5.74, 6) is 0.0124. The number of rotatable bonds is 4. The van der Waals surface area contributed by atoms with Gasteiger partial charge in [-0.1, -0.05) is 0 Å². The summed E-state index contributed by atoms with van der Waals surface area (Å²) >= 11 is 0. The van der Waals surface area contributed by atoms with E-state index in [1.54, 1.807) is 0 Å². The molecule has 1 aromatic rings. The third kappa shape index (κ3) is 2.41. The first kappa shape index (κ1) is 13.5. The fraction of sp³-hybridized carbons (Fsp3) is 0.588. The summed E-state index contributed by atoms with van der Waals surface area (Å²) in [6, 6.07) is 1.84. The van der Waals surface area contributed by atoms with Crippen LogP contribution in [0.15, 0.2) is 6.07 Å². The van der Waals surface area contributed by atoms with Gasteiger partial charge < -0.3 is 10.2 Å². The maximum atomic E-state index is 11.2. The van der Waals surface area contributed by atoms with Crippen LogP contribution >= 0.6 is 0 Å². The Hall–Kier alpha value is -1.51. The molecule has 0 aliphatic heterocycles. The molecule has 0 radical (unpaired) electrons. The van der Waals surface area contributed by atoms with Gasteiger partial charge in [0.05, 0.1) is 6.42 Å². The van der Waals surface area contributed by atoms with Gasteiger partial charge in [-0.05, 0) is 74.1 Å². The summed E-state index contributed by atoms with van der Waals surface area (Å²) in [4.78, 5) is 11.2. The highest BCUT2D eigenvalue weighted by Gasteiger charge is 2.37. The van der Waals surface area contributed by atoms with Crippen LogP contribution in [0.2, 0.25) is 0 Å². The Kier molecular flexibility index (Phi) is 3.45. The Labute approximate surface area is 119 Å². The van der Waals surface area contributed by atoms with Crippen LogP contribution < -0.4 is 0 Å². The maximum Gasteiger partial charge on any atom is 0.303 e. The van der Waals surface area contributed by atoms with Crippen molar-refractivity contribution in [3.8, 4) is 5.75 Å². The maximum absolute atomic E-state index is 11.2. The fourth-order valence-electron chi connectivity index (χ4n) is 3.77. The van der Waals surface area contributed by atoms with Crippen LogP contribution in [0, 0.1) is 12.8 Å². The van der Waals surface area contributed by atoms with E-state index >= 15 is 0 Å².